The lowest BCUT2D eigenvalue weighted by Crippen LogP contribution is -2.58. The molecular weight excluding hydrogens is 892 g/mol. The number of halogens is 1. The number of rotatable bonds is 25. The summed E-state index contributed by atoms with van der Waals surface area (Å²) in [5.74, 6) is -12.1. The van der Waals surface area contributed by atoms with Gasteiger partial charge in [-0.25, -0.2) is 12.8 Å². The summed E-state index contributed by atoms with van der Waals surface area (Å²) in [6.45, 7) is 0.738. The number of sulfonamides is 1. The third-order valence-electron chi connectivity index (χ3n) is 9.78. The van der Waals surface area contributed by atoms with Crippen LogP contribution in [-0.2, 0) is 66.0 Å². The summed E-state index contributed by atoms with van der Waals surface area (Å²) in [5.41, 5.74) is 7.36. The standard InChI is InChI=1S/C42H47FN8O14S/c1-22-9-11-26(12-10-22)66(64,65)51-33(19-37(57)58)42(63)48-29(13-14-35(53)54)39(60)46-21-34(52)47-31(16-23-5-4-6-25(43)15-23)40(61)50-32(41(62)49-30(38(44)59)18-36(55)56)17-24-20-45-28-8-3-2-7-27(24)28/h2-12,15,20,29-33,45,51H,13-14,16-19,21H2,1H3,(H2,44,59)(H,46,60)(H,47,52)(H,48,63)(H,49,62)(H,50,61)(H,53,54)(H,55,56)(H,57,58). The first-order valence-corrected chi connectivity index (χ1v) is 21.4. The van der Waals surface area contributed by atoms with Crippen molar-refractivity contribution < 1.29 is 71.3 Å². The fourth-order valence-electron chi connectivity index (χ4n) is 6.46. The number of benzene rings is 3. The van der Waals surface area contributed by atoms with Crippen LogP contribution in [-0.4, -0.2) is 119 Å². The molecule has 24 heteroatoms. The molecule has 6 amide bonds. The minimum atomic E-state index is -4.50. The Kier molecular flexibility index (Phi) is 18.0. The summed E-state index contributed by atoms with van der Waals surface area (Å²) >= 11 is 0. The van der Waals surface area contributed by atoms with Gasteiger partial charge in [-0.2, -0.15) is 4.72 Å². The second kappa shape index (κ2) is 23.3. The largest absolute Gasteiger partial charge is 0.481 e. The van der Waals surface area contributed by atoms with Crippen LogP contribution in [0.2, 0.25) is 0 Å². The van der Waals surface area contributed by atoms with E-state index in [0.717, 1.165) is 12.1 Å². The number of aromatic amines is 1. The zero-order chi connectivity index (χ0) is 48.7. The number of carboxylic acids is 3. The van der Waals surface area contributed by atoms with Gasteiger partial charge in [0.1, 0.15) is 36.0 Å². The number of H-pyrrole nitrogens is 1. The van der Waals surface area contributed by atoms with Crippen LogP contribution in [0.1, 0.15) is 42.4 Å². The van der Waals surface area contributed by atoms with Crippen LogP contribution in [0.5, 0.6) is 0 Å². The van der Waals surface area contributed by atoms with E-state index < -0.39 is 138 Å². The Labute approximate surface area is 375 Å². The third-order valence-corrected chi connectivity index (χ3v) is 11.3. The van der Waals surface area contributed by atoms with E-state index >= 15 is 0 Å². The third kappa shape index (κ3) is 15.5. The second-order valence-electron chi connectivity index (χ2n) is 14.9. The van der Waals surface area contributed by atoms with Gasteiger partial charge in [-0.15, -0.1) is 0 Å². The number of fused-ring (bicyclic) bond motifs is 1. The average molecular weight is 939 g/mol. The van der Waals surface area contributed by atoms with E-state index in [1.54, 1.807) is 37.4 Å². The van der Waals surface area contributed by atoms with Crippen molar-refractivity contribution in [2.45, 2.75) is 80.6 Å². The number of hydrogen-bond acceptors (Lipinski definition) is 11. The minimum Gasteiger partial charge on any atom is -0.481 e. The van der Waals surface area contributed by atoms with Crippen molar-refractivity contribution >= 4 is 74.3 Å². The summed E-state index contributed by atoms with van der Waals surface area (Å²) < 4.78 is 42.3. The molecule has 0 saturated carbocycles. The Morgan fingerprint density at radius 1 is 0.682 bits per heavy atom. The first-order valence-electron chi connectivity index (χ1n) is 19.9. The number of aryl methyl sites for hydroxylation is 1. The maximum Gasteiger partial charge on any atom is 0.305 e. The zero-order valence-corrected chi connectivity index (χ0v) is 35.9. The number of nitrogens with one attached hydrogen (secondary N) is 7. The molecule has 4 rings (SSSR count). The Morgan fingerprint density at radius 2 is 1.27 bits per heavy atom. The fraction of sp³-hybridized carbons (Fsp3) is 0.310. The van der Waals surface area contributed by atoms with Gasteiger partial charge in [-0.1, -0.05) is 48.0 Å². The van der Waals surface area contributed by atoms with Crippen LogP contribution in [0.25, 0.3) is 10.9 Å². The highest BCUT2D eigenvalue weighted by Crippen LogP contribution is 2.20. The van der Waals surface area contributed by atoms with Crippen molar-refractivity contribution in [1.29, 1.82) is 0 Å². The number of carboxylic acid groups (broad SMARTS) is 3. The normalized spacial score (nSPS) is 13.5. The molecule has 0 saturated heterocycles. The van der Waals surface area contributed by atoms with Crippen molar-refractivity contribution in [1.82, 2.24) is 36.3 Å². The van der Waals surface area contributed by atoms with Crippen molar-refractivity contribution in [3.05, 3.63) is 102 Å². The first-order chi connectivity index (χ1) is 31.1. The molecule has 0 aliphatic heterocycles. The van der Waals surface area contributed by atoms with Gasteiger partial charge in [0.2, 0.25) is 45.5 Å². The number of amides is 6. The molecule has 12 N–H and O–H groups in total. The lowest BCUT2D eigenvalue weighted by molar-refractivity contribution is -0.141. The predicted molar refractivity (Wildman–Crippen MR) is 229 cm³/mol. The molecular formula is C42H47FN8O14S. The smallest absolute Gasteiger partial charge is 0.305 e. The number of aliphatic carboxylic acids is 3. The van der Waals surface area contributed by atoms with E-state index in [2.05, 4.69) is 31.6 Å². The molecule has 0 fully saturated rings. The van der Waals surface area contributed by atoms with E-state index in [0.29, 0.717) is 22.0 Å². The quantitative estimate of drug-likeness (QED) is 0.0384. The summed E-state index contributed by atoms with van der Waals surface area (Å²) in [4.78, 5) is 117. The number of aromatic nitrogens is 1. The summed E-state index contributed by atoms with van der Waals surface area (Å²) in [7, 11) is -4.50. The first kappa shape index (κ1) is 50.9. The van der Waals surface area contributed by atoms with Gasteiger partial charge in [0.25, 0.3) is 0 Å². The monoisotopic (exact) mass is 938 g/mol. The Bertz CT molecular complexity index is 2590. The predicted octanol–water partition coefficient (Wildman–Crippen LogP) is -0.897. The molecule has 3 aromatic carbocycles. The number of carbonyl (C=O) groups excluding carboxylic acids is 6. The minimum absolute atomic E-state index is 0.178. The zero-order valence-electron chi connectivity index (χ0n) is 35.0. The second-order valence-corrected chi connectivity index (χ2v) is 16.7. The summed E-state index contributed by atoms with van der Waals surface area (Å²) in [5, 5.41) is 40.1. The molecule has 5 atom stereocenters. The number of primary amides is 1. The lowest BCUT2D eigenvalue weighted by atomic mass is 10.0. The molecule has 66 heavy (non-hydrogen) atoms. The molecule has 0 aliphatic carbocycles. The lowest BCUT2D eigenvalue weighted by Gasteiger charge is -2.25. The molecule has 0 aliphatic rings. The summed E-state index contributed by atoms with van der Waals surface area (Å²) in [6.07, 6.45) is -2.45. The number of para-hydroxylation sites is 1. The maximum absolute atomic E-state index is 14.3. The van der Waals surface area contributed by atoms with Gasteiger partial charge in [0, 0.05) is 36.4 Å². The van der Waals surface area contributed by atoms with Gasteiger partial charge in [0.15, 0.2) is 0 Å². The molecule has 4 aromatic rings. The van der Waals surface area contributed by atoms with Gasteiger partial charge in [0.05, 0.1) is 24.3 Å². The van der Waals surface area contributed by atoms with Crippen LogP contribution >= 0.6 is 0 Å². The van der Waals surface area contributed by atoms with Gasteiger partial charge in [-0.3, -0.25) is 43.2 Å². The molecule has 0 radical (unpaired) electrons. The fourth-order valence-corrected chi connectivity index (χ4v) is 7.66. The van der Waals surface area contributed by atoms with Crippen LogP contribution in [0.4, 0.5) is 4.39 Å². The molecule has 0 spiro atoms. The molecule has 5 unspecified atom stereocenters. The van der Waals surface area contributed by atoms with E-state index in [9.17, 15) is 71.3 Å². The van der Waals surface area contributed by atoms with Crippen molar-refractivity contribution in [2.24, 2.45) is 5.73 Å². The molecule has 1 aromatic heterocycles. The highest BCUT2D eigenvalue weighted by molar-refractivity contribution is 7.89. The van der Waals surface area contributed by atoms with Crippen molar-refractivity contribution in [3.8, 4) is 0 Å². The van der Waals surface area contributed by atoms with Gasteiger partial charge < -0.3 is 52.6 Å². The summed E-state index contributed by atoms with van der Waals surface area (Å²) in [6, 6.07) is 8.50. The van der Waals surface area contributed by atoms with Crippen LogP contribution in [0.3, 0.4) is 0 Å². The van der Waals surface area contributed by atoms with Gasteiger partial charge >= 0.3 is 17.9 Å². The number of carbonyl (C=O) groups is 9. The average Bonchev–Trinajstić information content (AvgIpc) is 3.65. The molecule has 22 nitrogen and oxygen atoms in total. The van der Waals surface area contributed by atoms with E-state index in [-0.39, 0.29) is 16.9 Å². The van der Waals surface area contributed by atoms with Crippen molar-refractivity contribution in [3.63, 3.8) is 0 Å². The topological polar surface area (TPSA) is 362 Å². The highest BCUT2D eigenvalue weighted by atomic mass is 32.2. The Morgan fingerprint density at radius 3 is 1.89 bits per heavy atom. The highest BCUT2D eigenvalue weighted by Gasteiger charge is 2.33. The molecule has 1 heterocycles. The SMILES string of the molecule is Cc1ccc(S(=O)(=O)NC(CC(=O)O)C(=O)NC(CCC(=O)O)C(=O)NCC(=O)NC(Cc2cccc(F)c2)C(=O)NC(Cc2c[nH]c3ccccc23)C(=O)NC(CC(=O)O)C(N)=O)cc1. The Balaban J connectivity index is 1.55. The van der Waals surface area contributed by atoms with Crippen LogP contribution in [0.15, 0.2) is 83.9 Å². The number of nitrogens with two attached hydrogens (primary N) is 1. The Hall–Kier alpha value is -7.73. The van der Waals surface area contributed by atoms with Gasteiger partial charge in [-0.05, 0) is 54.8 Å². The molecule has 0 bridgehead atoms. The van der Waals surface area contributed by atoms with Crippen molar-refractivity contribution in [2.75, 3.05) is 6.54 Å². The van der Waals surface area contributed by atoms with Crippen LogP contribution < -0.4 is 37.0 Å². The maximum atomic E-state index is 14.3. The molecule has 352 valence electrons. The van der Waals surface area contributed by atoms with E-state index in [4.69, 9.17) is 5.73 Å². The van der Waals surface area contributed by atoms with E-state index in [1.807, 2.05) is 4.72 Å². The number of hydrogen-bond donors (Lipinski definition) is 11. The van der Waals surface area contributed by atoms with E-state index in [1.165, 1.54) is 36.4 Å². The van der Waals surface area contributed by atoms with Crippen LogP contribution in [0, 0.1) is 12.7 Å².